The van der Waals surface area contributed by atoms with Crippen molar-refractivity contribution in [1.82, 2.24) is 9.80 Å². The lowest BCUT2D eigenvalue weighted by molar-refractivity contribution is -0.140. The molecule has 2 aliphatic rings. The molecule has 0 unspecified atom stereocenters. The second-order valence-electron chi connectivity index (χ2n) is 5.67. The molecule has 2 fully saturated rings. The average molecular weight is 288 g/mol. The molecule has 3 rings (SSSR count). The number of benzene rings is 1. The van der Waals surface area contributed by atoms with Crippen LogP contribution in [0.25, 0.3) is 0 Å². The second kappa shape index (κ2) is 5.95. The van der Waals surface area contributed by atoms with Crippen LogP contribution in [0.2, 0.25) is 0 Å². The molecule has 0 N–H and O–H groups in total. The zero-order chi connectivity index (χ0) is 14.8. The fraction of sp³-hybridized carbons (Fsp3) is 0.500. The summed E-state index contributed by atoms with van der Waals surface area (Å²) in [7, 11) is 0. The Morgan fingerprint density at radius 1 is 1.14 bits per heavy atom. The zero-order valence-electron chi connectivity index (χ0n) is 12.2. The summed E-state index contributed by atoms with van der Waals surface area (Å²) in [6.45, 7) is 5.11. The topological polar surface area (TPSA) is 49.9 Å². The average Bonchev–Trinajstić information content (AvgIpc) is 2.78. The van der Waals surface area contributed by atoms with E-state index in [1.807, 2.05) is 31.2 Å². The number of amides is 2. The van der Waals surface area contributed by atoms with Gasteiger partial charge in [-0.25, -0.2) is 0 Å². The molecule has 2 aliphatic heterocycles. The van der Waals surface area contributed by atoms with E-state index in [9.17, 15) is 9.59 Å². The number of nitrogens with zero attached hydrogens (tertiary/aromatic N) is 2. The minimum absolute atomic E-state index is 0.0672. The van der Waals surface area contributed by atoms with Crippen molar-refractivity contribution >= 4 is 11.8 Å². The van der Waals surface area contributed by atoms with Gasteiger partial charge in [0, 0.05) is 13.1 Å². The van der Waals surface area contributed by atoms with E-state index in [0.717, 1.165) is 18.7 Å². The lowest BCUT2D eigenvalue weighted by atomic mass is 10.1. The van der Waals surface area contributed by atoms with Crippen LogP contribution in [-0.4, -0.2) is 54.0 Å². The number of morpholine rings is 1. The Labute approximate surface area is 124 Å². The number of imide groups is 1. The van der Waals surface area contributed by atoms with E-state index >= 15 is 0 Å². The Hall–Kier alpha value is -1.72. The van der Waals surface area contributed by atoms with Crippen molar-refractivity contribution in [1.29, 1.82) is 0 Å². The van der Waals surface area contributed by atoms with E-state index in [0.29, 0.717) is 26.2 Å². The monoisotopic (exact) mass is 288 g/mol. The van der Waals surface area contributed by atoms with Crippen LogP contribution in [0.15, 0.2) is 24.3 Å². The molecule has 2 saturated heterocycles. The molecule has 1 aromatic carbocycles. The third-order valence-corrected chi connectivity index (χ3v) is 4.17. The number of rotatable bonds is 3. The first kappa shape index (κ1) is 14.2. The van der Waals surface area contributed by atoms with Crippen molar-refractivity contribution in [2.75, 3.05) is 26.3 Å². The predicted molar refractivity (Wildman–Crippen MR) is 77.5 cm³/mol. The summed E-state index contributed by atoms with van der Waals surface area (Å²) >= 11 is 0. The SMILES string of the molecule is Cc1ccc(CN2C(=O)C[C@@H](N3CCOCC3)C2=O)cc1. The van der Waals surface area contributed by atoms with Crippen molar-refractivity contribution in [3.05, 3.63) is 35.4 Å². The summed E-state index contributed by atoms with van der Waals surface area (Å²) in [6, 6.07) is 7.64. The quantitative estimate of drug-likeness (QED) is 0.777. The molecule has 0 aliphatic carbocycles. The molecule has 5 nitrogen and oxygen atoms in total. The lowest BCUT2D eigenvalue weighted by Crippen LogP contribution is -2.47. The number of carbonyl (C=O) groups excluding carboxylic acids is 2. The van der Waals surface area contributed by atoms with Crippen LogP contribution in [0.5, 0.6) is 0 Å². The molecule has 0 spiro atoms. The normalized spacial score (nSPS) is 23.9. The lowest BCUT2D eigenvalue weighted by Gasteiger charge is -2.30. The molecule has 0 radical (unpaired) electrons. The molecule has 2 heterocycles. The third-order valence-electron chi connectivity index (χ3n) is 4.17. The van der Waals surface area contributed by atoms with Crippen LogP contribution >= 0.6 is 0 Å². The van der Waals surface area contributed by atoms with E-state index in [2.05, 4.69) is 4.90 Å². The zero-order valence-corrected chi connectivity index (χ0v) is 12.2. The van der Waals surface area contributed by atoms with E-state index < -0.39 is 0 Å². The maximum atomic E-state index is 12.5. The van der Waals surface area contributed by atoms with Crippen LogP contribution in [0.1, 0.15) is 17.5 Å². The summed E-state index contributed by atoms with van der Waals surface area (Å²) < 4.78 is 5.30. The highest BCUT2D eigenvalue weighted by atomic mass is 16.5. The third kappa shape index (κ3) is 2.99. The minimum Gasteiger partial charge on any atom is -0.379 e. The summed E-state index contributed by atoms with van der Waals surface area (Å²) in [5.41, 5.74) is 2.16. The van der Waals surface area contributed by atoms with Crippen LogP contribution in [-0.2, 0) is 20.9 Å². The number of hydrogen-bond donors (Lipinski definition) is 0. The van der Waals surface area contributed by atoms with Gasteiger partial charge in [0.2, 0.25) is 11.8 Å². The first-order valence-corrected chi connectivity index (χ1v) is 7.37. The molecule has 0 aromatic heterocycles. The van der Waals surface area contributed by atoms with Crippen LogP contribution in [0.3, 0.4) is 0 Å². The van der Waals surface area contributed by atoms with Gasteiger partial charge in [-0.3, -0.25) is 19.4 Å². The van der Waals surface area contributed by atoms with E-state index in [1.165, 1.54) is 10.5 Å². The molecule has 21 heavy (non-hydrogen) atoms. The van der Waals surface area contributed by atoms with Crippen LogP contribution in [0, 0.1) is 6.92 Å². The fourth-order valence-corrected chi connectivity index (χ4v) is 2.88. The number of carbonyl (C=O) groups is 2. The molecular formula is C16H20N2O3. The van der Waals surface area contributed by atoms with Crippen molar-refractivity contribution in [2.24, 2.45) is 0 Å². The fourth-order valence-electron chi connectivity index (χ4n) is 2.88. The Bertz CT molecular complexity index is 535. The molecule has 1 atom stereocenters. The summed E-state index contributed by atoms with van der Waals surface area (Å²) in [5.74, 6) is -0.139. The highest BCUT2D eigenvalue weighted by Gasteiger charge is 2.41. The first-order valence-electron chi connectivity index (χ1n) is 7.37. The van der Waals surface area contributed by atoms with E-state index in [4.69, 9.17) is 4.74 Å². The molecule has 1 aromatic rings. The Balaban J connectivity index is 1.69. The van der Waals surface area contributed by atoms with Gasteiger partial charge in [-0.05, 0) is 12.5 Å². The van der Waals surface area contributed by atoms with Crippen LogP contribution < -0.4 is 0 Å². The Kier molecular flexibility index (Phi) is 4.03. The van der Waals surface area contributed by atoms with Gasteiger partial charge in [-0.2, -0.15) is 0 Å². The first-order chi connectivity index (χ1) is 10.1. The Morgan fingerprint density at radius 3 is 2.48 bits per heavy atom. The Morgan fingerprint density at radius 2 is 1.81 bits per heavy atom. The van der Waals surface area contributed by atoms with Gasteiger partial charge >= 0.3 is 0 Å². The number of likely N-dealkylation sites (tertiary alicyclic amines) is 1. The maximum Gasteiger partial charge on any atom is 0.247 e. The summed E-state index contributed by atoms with van der Waals surface area (Å²) in [5, 5.41) is 0. The van der Waals surface area contributed by atoms with Gasteiger partial charge in [-0.15, -0.1) is 0 Å². The second-order valence-corrected chi connectivity index (χ2v) is 5.67. The molecule has 5 heteroatoms. The van der Waals surface area contributed by atoms with E-state index in [1.54, 1.807) is 0 Å². The number of aryl methyl sites for hydroxylation is 1. The van der Waals surface area contributed by atoms with Gasteiger partial charge in [0.15, 0.2) is 0 Å². The maximum absolute atomic E-state index is 12.5. The van der Waals surface area contributed by atoms with Gasteiger partial charge in [-0.1, -0.05) is 29.8 Å². The van der Waals surface area contributed by atoms with Crippen molar-refractivity contribution < 1.29 is 14.3 Å². The predicted octanol–water partition coefficient (Wildman–Crippen LogP) is 0.955. The molecule has 0 saturated carbocycles. The molecule has 2 amide bonds. The van der Waals surface area contributed by atoms with Crippen molar-refractivity contribution in [3.8, 4) is 0 Å². The van der Waals surface area contributed by atoms with Gasteiger partial charge < -0.3 is 4.74 Å². The van der Waals surface area contributed by atoms with Gasteiger partial charge in [0.1, 0.15) is 0 Å². The largest absolute Gasteiger partial charge is 0.379 e. The minimum atomic E-state index is -0.299. The molecule has 0 bridgehead atoms. The number of hydrogen-bond acceptors (Lipinski definition) is 4. The standard InChI is InChI=1S/C16H20N2O3/c1-12-2-4-13(5-3-12)11-18-15(19)10-14(16(18)20)17-6-8-21-9-7-17/h2-5,14H,6-11H2,1H3/t14-/m1/s1. The molecular weight excluding hydrogens is 268 g/mol. The number of ether oxygens (including phenoxy) is 1. The highest BCUT2D eigenvalue weighted by Crippen LogP contribution is 2.22. The van der Waals surface area contributed by atoms with Crippen LogP contribution in [0.4, 0.5) is 0 Å². The van der Waals surface area contributed by atoms with Crippen molar-refractivity contribution in [3.63, 3.8) is 0 Å². The van der Waals surface area contributed by atoms with Gasteiger partial charge in [0.05, 0.1) is 32.2 Å². The van der Waals surface area contributed by atoms with Gasteiger partial charge in [0.25, 0.3) is 0 Å². The summed E-state index contributed by atoms with van der Waals surface area (Å²) in [4.78, 5) is 28.1. The van der Waals surface area contributed by atoms with Crippen molar-refractivity contribution in [2.45, 2.75) is 25.9 Å². The smallest absolute Gasteiger partial charge is 0.247 e. The molecule has 112 valence electrons. The van der Waals surface area contributed by atoms with E-state index in [-0.39, 0.29) is 17.9 Å². The summed E-state index contributed by atoms with van der Waals surface area (Å²) in [6.07, 6.45) is 0.296. The highest BCUT2D eigenvalue weighted by molar-refractivity contribution is 6.05.